The van der Waals surface area contributed by atoms with Crippen LogP contribution in [0, 0.1) is 0 Å². The maximum Gasteiger partial charge on any atom is 0.319 e. The molecular weight excluding hydrogens is 503 g/mol. The quantitative estimate of drug-likeness (QED) is 0.334. The first-order valence-electron chi connectivity index (χ1n) is 9.88. The largest absolute Gasteiger partial charge is 0.487 e. The van der Waals surface area contributed by atoms with E-state index >= 15 is 0 Å². The lowest BCUT2D eigenvalue weighted by Gasteiger charge is -2.16. The molecule has 4 aromatic rings. The highest BCUT2D eigenvalue weighted by Gasteiger charge is 2.19. The smallest absolute Gasteiger partial charge is 0.319 e. The fourth-order valence-electron chi connectivity index (χ4n) is 2.94. The number of pyridine rings is 1. The fourth-order valence-corrected chi connectivity index (χ4v) is 3.60. The predicted octanol–water partition coefficient (Wildman–Crippen LogP) is 4.87. The van der Waals surface area contributed by atoms with Gasteiger partial charge in [0.05, 0.1) is 21.8 Å². The second kappa shape index (κ2) is 10.6. The van der Waals surface area contributed by atoms with Gasteiger partial charge < -0.3 is 15.4 Å². The van der Waals surface area contributed by atoms with Crippen LogP contribution in [0.5, 0.6) is 5.75 Å². The molecule has 0 radical (unpaired) electrons. The Kier molecular flexibility index (Phi) is 7.41. The Labute approximate surface area is 209 Å². The number of halogens is 3. The Morgan fingerprint density at radius 2 is 1.82 bits per heavy atom. The molecule has 4 rings (SSSR count). The Morgan fingerprint density at radius 3 is 2.59 bits per heavy atom. The van der Waals surface area contributed by atoms with E-state index in [1.54, 1.807) is 43.7 Å². The first-order valence-corrected chi connectivity index (χ1v) is 11.0. The van der Waals surface area contributed by atoms with Gasteiger partial charge in [-0.15, -0.1) is 0 Å². The zero-order chi connectivity index (χ0) is 24.1. The number of nitrogens with zero attached hydrogens (tertiary/aromatic N) is 6. The van der Waals surface area contributed by atoms with Crippen LogP contribution in [0.1, 0.15) is 24.4 Å². The van der Waals surface area contributed by atoms with Crippen molar-refractivity contribution in [2.45, 2.75) is 19.6 Å². The molecule has 13 heteroatoms. The lowest BCUT2D eigenvalue weighted by molar-refractivity contribution is 0.248. The third kappa shape index (κ3) is 5.53. The summed E-state index contributed by atoms with van der Waals surface area (Å²) in [7, 11) is 0. The minimum atomic E-state index is -0.527. The van der Waals surface area contributed by atoms with Gasteiger partial charge in [0.1, 0.15) is 23.8 Å². The monoisotopic (exact) mass is 518 g/mol. The highest BCUT2D eigenvalue weighted by Crippen LogP contribution is 2.35. The van der Waals surface area contributed by atoms with Crippen molar-refractivity contribution in [2.24, 2.45) is 0 Å². The molecule has 0 saturated carbocycles. The molecule has 10 nitrogen and oxygen atoms in total. The number of anilines is 1. The van der Waals surface area contributed by atoms with Gasteiger partial charge in [0.15, 0.2) is 5.82 Å². The SMILES string of the molecule is CC(NC(=O)Nc1cc(OCc2cccnc2Cl)c(Cl)cc1Cl)c1ncnn1-c1ncccn1. The molecule has 2 N–H and O–H groups in total. The summed E-state index contributed by atoms with van der Waals surface area (Å²) in [5, 5.41) is 10.4. The van der Waals surface area contributed by atoms with Gasteiger partial charge in [-0.1, -0.05) is 40.9 Å². The van der Waals surface area contributed by atoms with Crippen LogP contribution in [0.25, 0.3) is 5.95 Å². The molecule has 1 unspecified atom stereocenters. The van der Waals surface area contributed by atoms with Gasteiger partial charge >= 0.3 is 6.03 Å². The summed E-state index contributed by atoms with van der Waals surface area (Å²) in [5.41, 5.74) is 0.985. The van der Waals surface area contributed by atoms with Crippen LogP contribution in [0.2, 0.25) is 15.2 Å². The summed E-state index contributed by atoms with van der Waals surface area (Å²) >= 11 is 18.6. The molecular formula is C21H17Cl3N8O2. The van der Waals surface area contributed by atoms with Gasteiger partial charge in [0, 0.05) is 30.2 Å². The minimum absolute atomic E-state index is 0.133. The molecule has 34 heavy (non-hydrogen) atoms. The average Bonchev–Trinajstić information content (AvgIpc) is 3.32. The maximum atomic E-state index is 12.7. The van der Waals surface area contributed by atoms with Gasteiger partial charge in [-0.05, 0) is 25.1 Å². The summed E-state index contributed by atoms with van der Waals surface area (Å²) in [5.74, 6) is 1.09. The number of aromatic nitrogens is 6. The van der Waals surface area contributed by atoms with Crippen LogP contribution in [0.15, 0.2) is 55.2 Å². The van der Waals surface area contributed by atoms with Crippen molar-refractivity contribution in [3.63, 3.8) is 0 Å². The Balaban J connectivity index is 1.44. The topological polar surface area (TPSA) is 120 Å². The first-order chi connectivity index (χ1) is 16.4. The maximum absolute atomic E-state index is 12.7. The molecule has 1 aromatic carbocycles. The van der Waals surface area contributed by atoms with Crippen molar-refractivity contribution in [1.82, 2.24) is 35.0 Å². The minimum Gasteiger partial charge on any atom is -0.487 e. The van der Waals surface area contributed by atoms with E-state index in [1.807, 2.05) is 0 Å². The van der Waals surface area contributed by atoms with Gasteiger partial charge in [0.25, 0.3) is 5.95 Å². The molecule has 174 valence electrons. The lowest BCUT2D eigenvalue weighted by atomic mass is 10.2. The highest BCUT2D eigenvalue weighted by molar-refractivity contribution is 6.37. The van der Waals surface area contributed by atoms with Crippen LogP contribution in [0.3, 0.4) is 0 Å². The van der Waals surface area contributed by atoms with E-state index in [4.69, 9.17) is 39.5 Å². The van der Waals surface area contributed by atoms with Crippen molar-refractivity contribution in [3.8, 4) is 11.7 Å². The number of hydrogen-bond donors (Lipinski definition) is 2. The molecule has 0 saturated heterocycles. The summed E-state index contributed by atoms with van der Waals surface area (Å²) in [6.07, 6.45) is 6.11. The number of nitrogens with one attached hydrogen (secondary N) is 2. The lowest BCUT2D eigenvalue weighted by Crippen LogP contribution is -2.32. The molecule has 0 aliphatic carbocycles. The van der Waals surface area contributed by atoms with Crippen molar-refractivity contribution in [2.75, 3.05) is 5.32 Å². The second-order valence-corrected chi connectivity index (χ2v) is 8.08. The van der Waals surface area contributed by atoms with E-state index in [0.717, 1.165) is 0 Å². The Hall–Kier alpha value is -3.47. The van der Waals surface area contributed by atoms with Crippen molar-refractivity contribution in [3.05, 3.63) is 81.8 Å². The number of carbonyl (C=O) groups excluding carboxylic acids is 1. The van der Waals surface area contributed by atoms with Crippen LogP contribution >= 0.6 is 34.8 Å². The number of carbonyl (C=O) groups is 1. The van der Waals surface area contributed by atoms with Gasteiger partial charge in [-0.3, -0.25) is 0 Å². The van der Waals surface area contributed by atoms with Crippen molar-refractivity contribution >= 4 is 46.5 Å². The highest BCUT2D eigenvalue weighted by atomic mass is 35.5. The van der Waals surface area contributed by atoms with E-state index in [1.165, 1.54) is 23.1 Å². The molecule has 3 aromatic heterocycles. The van der Waals surface area contributed by atoms with E-state index in [2.05, 4.69) is 35.7 Å². The zero-order valence-corrected chi connectivity index (χ0v) is 19.9. The fraction of sp³-hybridized carbons (Fsp3) is 0.143. The second-order valence-electron chi connectivity index (χ2n) is 6.90. The van der Waals surface area contributed by atoms with Crippen molar-refractivity contribution < 1.29 is 9.53 Å². The number of hydrogen-bond acceptors (Lipinski definition) is 7. The number of urea groups is 1. The molecule has 0 bridgehead atoms. The summed E-state index contributed by atoms with van der Waals surface area (Å²) < 4.78 is 7.20. The first kappa shape index (κ1) is 23.7. The van der Waals surface area contributed by atoms with Gasteiger partial charge in [-0.2, -0.15) is 9.78 Å². The van der Waals surface area contributed by atoms with E-state index < -0.39 is 12.1 Å². The van der Waals surface area contributed by atoms with Gasteiger partial charge in [0.2, 0.25) is 0 Å². The van der Waals surface area contributed by atoms with Crippen LogP contribution in [-0.2, 0) is 6.61 Å². The standard InChI is InChI=1S/C21H17Cl3N8O2/c1-12(19-28-11-29-32(19)20-26-6-3-7-27-20)30-21(33)31-16-9-17(15(23)8-14(16)22)34-10-13-4-2-5-25-18(13)24/h2-9,11-12H,10H2,1H3,(H2,30,31,33). The normalized spacial score (nSPS) is 11.6. The number of amides is 2. The van der Waals surface area contributed by atoms with E-state index in [-0.39, 0.29) is 16.7 Å². The molecule has 0 fully saturated rings. The van der Waals surface area contributed by atoms with Crippen LogP contribution < -0.4 is 15.4 Å². The predicted molar refractivity (Wildman–Crippen MR) is 128 cm³/mol. The summed E-state index contributed by atoms with van der Waals surface area (Å²) in [6, 6.07) is 7.17. The molecule has 3 heterocycles. The number of benzene rings is 1. The number of rotatable bonds is 7. The van der Waals surface area contributed by atoms with E-state index in [9.17, 15) is 4.79 Å². The molecule has 0 aliphatic rings. The third-order valence-corrected chi connectivity index (χ3v) is 5.49. The average molecular weight is 520 g/mol. The van der Waals surface area contributed by atoms with Crippen LogP contribution in [0.4, 0.5) is 10.5 Å². The van der Waals surface area contributed by atoms with Crippen molar-refractivity contribution in [1.29, 1.82) is 0 Å². The molecule has 1 atom stereocenters. The zero-order valence-electron chi connectivity index (χ0n) is 17.6. The summed E-state index contributed by atoms with van der Waals surface area (Å²) in [4.78, 5) is 29.2. The van der Waals surface area contributed by atoms with Gasteiger partial charge in [-0.25, -0.2) is 24.7 Å². The molecule has 0 spiro atoms. The third-order valence-electron chi connectivity index (χ3n) is 4.54. The Bertz CT molecular complexity index is 1300. The molecule has 0 aliphatic heterocycles. The number of ether oxygens (including phenoxy) is 1. The summed E-state index contributed by atoms with van der Waals surface area (Å²) in [6.45, 7) is 1.88. The van der Waals surface area contributed by atoms with Crippen LogP contribution in [-0.4, -0.2) is 35.7 Å². The molecule has 2 amide bonds. The van der Waals surface area contributed by atoms with E-state index in [0.29, 0.717) is 33.9 Å². The Morgan fingerprint density at radius 1 is 1.06 bits per heavy atom.